The van der Waals surface area contributed by atoms with E-state index in [0.717, 1.165) is 10.3 Å². The van der Waals surface area contributed by atoms with E-state index in [1.165, 1.54) is 7.05 Å². The Balaban J connectivity index is 2.31. The van der Waals surface area contributed by atoms with Crippen LogP contribution in [0.1, 0.15) is 5.56 Å². The van der Waals surface area contributed by atoms with Crippen molar-refractivity contribution < 1.29 is 4.74 Å². The summed E-state index contributed by atoms with van der Waals surface area (Å²) in [6.07, 6.45) is 5.18. The van der Waals surface area contributed by atoms with Crippen molar-refractivity contribution in [2.45, 2.75) is 6.54 Å². The van der Waals surface area contributed by atoms with Gasteiger partial charge in [-0.2, -0.15) is 0 Å². The SMILES string of the molecule is C[N+]([O-])=C(Cn1ccnc1)c1ccc(Cl)cc1. The number of imidazole rings is 1. The quantitative estimate of drug-likeness (QED) is 0.362. The Hall–Kier alpha value is -1.81. The zero-order chi connectivity index (χ0) is 12.3. The van der Waals surface area contributed by atoms with Gasteiger partial charge in [0.25, 0.3) is 0 Å². The Morgan fingerprint density at radius 1 is 1.41 bits per heavy atom. The fraction of sp³-hybridized carbons (Fsp3) is 0.167. The van der Waals surface area contributed by atoms with Crippen molar-refractivity contribution in [2.75, 3.05) is 7.05 Å². The number of nitrogens with zero attached hydrogens (tertiary/aromatic N) is 3. The maximum atomic E-state index is 11.6. The molecule has 2 rings (SSSR count). The first-order valence-corrected chi connectivity index (χ1v) is 5.53. The highest BCUT2D eigenvalue weighted by Crippen LogP contribution is 2.11. The molecule has 17 heavy (non-hydrogen) atoms. The van der Waals surface area contributed by atoms with Gasteiger partial charge in [-0.25, -0.2) is 9.72 Å². The summed E-state index contributed by atoms with van der Waals surface area (Å²) in [5.41, 5.74) is 1.53. The second-order valence-corrected chi connectivity index (χ2v) is 4.12. The van der Waals surface area contributed by atoms with Gasteiger partial charge >= 0.3 is 0 Å². The molecule has 0 aliphatic carbocycles. The third-order valence-electron chi connectivity index (χ3n) is 2.45. The zero-order valence-corrected chi connectivity index (χ0v) is 10.1. The molecule has 0 bridgehead atoms. The number of hydrogen-bond donors (Lipinski definition) is 0. The number of aromatic nitrogens is 2. The number of benzene rings is 1. The lowest BCUT2D eigenvalue weighted by molar-refractivity contribution is -0.423. The van der Waals surface area contributed by atoms with Gasteiger partial charge in [-0.1, -0.05) is 11.6 Å². The molecule has 0 saturated heterocycles. The second kappa shape index (κ2) is 5.01. The van der Waals surface area contributed by atoms with E-state index >= 15 is 0 Å². The molecule has 0 atom stereocenters. The summed E-state index contributed by atoms with van der Waals surface area (Å²) in [4.78, 5) is 3.95. The summed E-state index contributed by atoms with van der Waals surface area (Å²) in [6, 6.07) is 7.22. The molecule has 0 fully saturated rings. The van der Waals surface area contributed by atoms with Gasteiger partial charge in [-0.3, -0.25) is 0 Å². The largest absolute Gasteiger partial charge is 0.624 e. The van der Waals surface area contributed by atoms with Gasteiger partial charge in [0.15, 0.2) is 0 Å². The second-order valence-electron chi connectivity index (χ2n) is 3.69. The minimum Gasteiger partial charge on any atom is -0.624 e. The van der Waals surface area contributed by atoms with E-state index in [2.05, 4.69) is 4.98 Å². The van der Waals surface area contributed by atoms with Crippen LogP contribution in [0.5, 0.6) is 0 Å². The lowest BCUT2D eigenvalue weighted by Gasteiger charge is -2.08. The van der Waals surface area contributed by atoms with Crippen molar-refractivity contribution in [1.82, 2.24) is 9.55 Å². The fourth-order valence-corrected chi connectivity index (χ4v) is 1.69. The number of hydrogen-bond acceptors (Lipinski definition) is 2. The number of halogens is 1. The highest BCUT2D eigenvalue weighted by molar-refractivity contribution is 6.30. The Kier molecular flexibility index (Phi) is 3.44. The lowest BCUT2D eigenvalue weighted by atomic mass is 10.1. The molecule has 4 nitrogen and oxygen atoms in total. The average molecular weight is 250 g/mol. The normalized spacial score (nSPS) is 12.4. The third-order valence-corrected chi connectivity index (χ3v) is 2.70. The Labute approximate surface area is 104 Å². The van der Waals surface area contributed by atoms with E-state index in [-0.39, 0.29) is 0 Å². The van der Waals surface area contributed by atoms with E-state index in [1.807, 2.05) is 22.9 Å². The molecule has 0 radical (unpaired) electrons. The number of hydroxylamine groups is 1. The van der Waals surface area contributed by atoms with Crippen LogP contribution in [-0.4, -0.2) is 27.0 Å². The number of rotatable bonds is 3. The monoisotopic (exact) mass is 249 g/mol. The van der Waals surface area contributed by atoms with Crippen molar-refractivity contribution >= 4 is 17.3 Å². The summed E-state index contributed by atoms with van der Waals surface area (Å²) in [5.74, 6) is 0. The molecule has 88 valence electrons. The molecule has 0 aliphatic heterocycles. The van der Waals surface area contributed by atoms with Crippen molar-refractivity contribution in [2.24, 2.45) is 0 Å². The predicted molar refractivity (Wildman–Crippen MR) is 67.3 cm³/mol. The summed E-state index contributed by atoms with van der Waals surface area (Å²) in [7, 11) is 1.49. The Morgan fingerprint density at radius 3 is 2.65 bits per heavy atom. The van der Waals surface area contributed by atoms with Gasteiger partial charge in [0.1, 0.15) is 13.6 Å². The summed E-state index contributed by atoms with van der Waals surface area (Å²) in [6.45, 7) is 0.488. The van der Waals surface area contributed by atoms with Crippen LogP contribution in [0.25, 0.3) is 0 Å². The standard InChI is InChI=1S/C12H12ClN3O/c1-15(17)12(8-16-7-6-14-9-16)10-2-4-11(13)5-3-10/h2-7,9H,8H2,1H3. The molecule has 0 N–H and O–H groups in total. The Bertz CT molecular complexity index is 513. The van der Waals surface area contributed by atoms with Crippen LogP contribution < -0.4 is 0 Å². The van der Waals surface area contributed by atoms with Gasteiger partial charge < -0.3 is 9.77 Å². The average Bonchev–Trinajstić information content (AvgIpc) is 2.80. The zero-order valence-electron chi connectivity index (χ0n) is 9.38. The van der Waals surface area contributed by atoms with Crippen molar-refractivity contribution in [3.8, 4) is 0 Å². The van der Waals surface area contributed by atoms with Crippen LogP contribution in [0.3, 0.4) is 0 Å². The fourth-order valence-electron chi connectivity index (χ4n) is 1.57. The van der Waals surface area contributed by atoms with E-state index < -0.39 is 0 Å². The van der Waals surface area contributed by atoms with Gasteiger partial charge in [0.05, 0.1) is 6.33 Å². The smallest absolute Gasteiger partial charge is 0.214 e. The van der Waals surface area contributed by atoms with E-state index in [0.29, 0.717) is 17.3 Å². The minimum absolute atomic E-state index is 0.488. The van der Waals surface area contributed by atoms with E-state index in [4.69, 9.17) is 11.6 Å². The molecular weight excluding hydrogens is 238 g/mol. The molecule has 0 aliphatic rings. The van der Waals surface area contributed by atoms with Crippen LogP contribution in [0, 0.1) is 5.21 Å². The molecule has 1 heterocycles. The summed E-state index contributed by atoms with van der Waals surface area (Å²) in [5, 5.41) is 12.2. The molecule has 2 aromatic rings. The van der Waals surface area contributed by atoms with Gasteiger partial charge in [0.2, 0.25) is 5.71 Å². The molecule has 0 unspecified atom stereocenters. The van der Waals surface area contributed by atoms with Crippen LogP contribution >= 0.6 is 11.6 Å². The maximum Gasteiger partial charge on any atom is 0.214 e. The van der Waals surface area contributed by atoms with Crippen molar-refractivity contribution in [3.63, 3.8) is 0 Å². The molecule has 0 saturated carbocycles. The molecule has 0 spiro atoms. The third kappa shape index (κ3) is 2.85. The predicted octanol–water partition coefficient (Wildman–Crippen LogP) is 2.17. The van der Waals surface area contributed by atoms with Gasteiger partial charge in [-0.15, -0.1) is 0 Å². The topological polar surface area (TPSA) is 43.9 Å². The van der Waals surface area contributed by atoms with Crippen LogP contribution in [0.4, 0.5) is 0 Å². The van der Waals surface area contributed by atoms with Crippen LogP contribution in [0.15, 0.2) is 43.0 Å². The minimum atomic E-state index is 0.488. The highest BCUT2D eigenvalue weighted by atomic mass is 35.5. The first-order chi connectivity index (χ1) is 8.16. The van der Waals surface area contributed by atoms with Crippen molar-refractivity contribution in [3.05, 3.63) is 58.8 Å². The molecule has 1 aromatic heterocycles. The van der Waals surface area contributed by atoms with E-state index in [9.17, 15) is 5.21 Å². The lowest BCUT2D eigenvalue weighted by Crippen LogP contribution is -2.19. The highest BCUT2D eigenvalue weighted by Gasteiger charge is 2.11. The maximum absolute atomic E-state index is 11.6. The molecule has 5 heteroatoms. The molecular formula is C12H12ClN3O. The first kappa shape index (κ1) is 11.7. The Morgan fingerprint density at radius 2 is 2.12 bits per heavy atom. The molecule has 1 aromatic carbocycles. The van der Waals surface area contributed by atoms with Gasteiger partial charge in [0, 0.05) is 23.0 Å². The molecule has 0 amide bonds. The van der Waals surface area contributed by atoms with Crippen LogP contribution in [-0.2, 0) is 6.54 Å². The van der Waals surface area contributed by atoms with Gasteiger partial charge in [-0.05, 0) is 24.3 Å². The van der Waals surface area contributed by atoms with E-state index in [1.54, 1.807) is 24.7 Å². The van der Waals surface area contributed by atoms with Crippen molar-refractivity contribution in [1.29, 1.82) is 0 Å². The summed E-state index contributed by atoms with van der Waals surface area (Å²) >= 11 is 5.82. The van der Waals surface area contributed by atoms with Crippen LogP contribution in [0.2, 0.25) is 5.02 Å². The first-order valence-electron chi connectivity index (χ1n) is 5.15. The summed E-state index contributed by atoms with van der Waals surface area (Å²) < 4.78 is 2.71.